The van der Waals surface area contributed by atoms with Gasteiger partial charge in [-0.25, -0.2) is 9.52 Å². The maximum Gasteiger partial charge on any atom is 0.335 e. The second-order valence-corrected chi connectivity index (χ2v) is 10.1. The Morgan fingerprint density at radius 3 is 2.51 bits per heavy atom. The molecule has 5 rings (SSSR count). The number of aromatic nitrogens is 4. The number of amides is 2. The molecule has 2 aromatic heterocycles. The summed E-state index contributed by atoms with van der Waals surface area (Å²) in [6.07, 6.45) is 13.8. The van der Waals surface area contributed by atoms with Gasteiger partial charge < -0.3 is 9.47 Å². The molecule has 0 fully saturated rings. The van der Waals surface area contributed by atoms with E-state index in [0.717, 1.165) is 16.0 Å². The van der Waals surface area contributed by atoms with Gasteiger partial charge in [0.25, 0.3) is 10.0 Å². The number of urea groups is 1. The SMILES string of the molecule is COc1cc(OC)nc(NC(=O)NS(=O)(=O)c2c(C3=NC(C)(C4=NC=CC4=C4C=CC=N4)C=C3)cnn2C)n1. The van der Waals surface area contributed by atoms with E-state index in [9.17, 15) is 13.2 Å². The summed E-state index contributed by atoms with van der Waals surface area (Å²) in [6, 6.07) is 0.300. The third-order valence-electron chi connectivity index (χ3n) is 5.89. The summed E-state index contributed by atoms with van der Waals surface area (Å²) in [5.74, 6) is -0.000387. The minimum Gasteiger partial charge on any atom is -0.481 e. The Bertz CT molecular complexity index is 1660. The molecule has 0 saturated carbocycles. The summed E-state index contributed by atoms with van der Waals surface area (Å²) in [5.41, 5.74) is 1.95. The molecule has 39 heavy (non-hydrogen) atoms. The zero-order chi connectivity index (χ0) is 27.8. The number of aryl methyl sites for hydroxylation is 1. The molecule has 2 aromatic rings. The zero-order valence-electron chi connectivity index (χ0n) is 21.3. The summed E-state index contributed by atoms with van der Waals surface area (Å²) in [7, 11) is -0.227. The van der Waals surface area contributed by atoms with Crippen LogP contribution in [0.25, 0.3) is 0 Å². The second-order valence-electron chi connectivity index (χ2n) is 8.53. The third-order valence-corrected chi connectivity index (χ3v) is 7.34. The smallest absolute Gasteiger partial charge is 0.335 e. The van der Waals surface area contributed by atoms with E-state index in [0.29, 0.717) is 11.4 Å². The lowest BCUT2D eigenvalue weighted by Gasteiger charge is -2.20. The van der Waals surface area contributed by atoms with Crippen molar-refractivity contribution >= 4 is 39.6 Å². The molecule has 5 heterocycles. The van der Waals surface area contributed by atoms with Gasteiger partial charge in [-0.05, 0) is 37.3 Å². The fourth-order valence-corrected chi connectivity index (χ4v) is 5.37. The monoisotopic (exact) mass is 549 g/mol. The fraction of sp³-hybridized carbons (Fsp3) is 0.208. The summed E-state index contributed by atoms with van der Waals surface area (Å²) < 4.78 is 39.8. The number of ether oxygens (including phenoxy) is 2. The van der Waals surface area contributed by atoms with Crippen molar-refractivity contribution in [1.29, 1.82) is 0 Å². The van der Waals surface area contributed by atoms with Gasteiger partial charge in [0.15, 0.2) is 5.03 Å². The number of hydrogen-bond acceptors (Lipinski definition) is 11. The molecule has 1 atom stereocenters. The van der Waals surface area contributed by atoms with Gasteiger partial charge in [-0.1, -0.05) is 0 Å². The lowest BCUT2D eigenvalue weighted by Crippen LogP contribution is -2.36. The summed E-state index contributed by atoms with van der Waals surface area (Å²) in [4.78, 5) is 34.2. The fourth-order valence-electron chi connectivity index (χ4n) is 4.14. The number of carbonyl (C=O) groups is 1. The standard InChI is InChI=1S/C24H23N9O5S/c1-24(20-14(8-11-26-20)16-6-5-10-25-16)9-7-17(31-24)15-13-27-33(2)21(15)39(35,36)32-23(34)30-22-28-18(37-3)12-19(29-22)38-4/h5-13H,1-4H3,(H2,28,29,30,32,34). The zero-order valence-corrected chi connectivity index (χ0v) is 22.1. The molecule has 0 radical (unpaired) electrons. The first-order valence-corrected chi connectivity index (χ1v) is 12.9. The molecular weight excluding hydrogens is 526 g/mol. The van der Waals surface area contributed by atoms with E-state index >= 15 is 0 Å². The summed E-state index contributed by atoms with van der Waals surface area (Å²) in [5, 5.41) is 6.11. The molecule has 1 unspecified atom stereocenters. The number of anilines is 1. The molecule has 2 amide bonds. The Balaban J connectivity index is 1.41. The van der Waals surface area contributed by atoms with E-state index < -0.39 is 21.6 Å². The first-order valence-electron chi connectivity index (χ1n) is 11.5. The number of methoxy groups -OCH3 is 2. The first kappa shape index (κ1) is 25.7. The lowest BCUT2D eigenvalue weighted by molar-refractivity contribution is 0.256. The van der Waals surface area contributed by atoms with Crippen LogP contribution in [-0.2, 0) is 17.1 Å². The van der Waals surface area contributed by atoms with Crippen molar-refractivity contribution in [2.75, 3.05) is 19.5 Å². The Labute approximate surface area is 223 Å². The minimum absolute atomic E-state index is 0.111. The highest BCUT2D eigenvalue weighted by atomic mass is 32.2. The van der Waals surface area contributed by atoms with Crippen molar-refractivity contribution in [3.8, 4) is 11.8 Å². The number of nitrogens with zero attached hydrogens (tertiary/aromatic N) is 7. The first-order chi connectivity index (χ1) is 18.6. The van der Waals surface area contributed by atoms with E-state index in [-0.39, 0.29) is 28.3 Å². The number of hydrogen-bond donors (Lipinski definition) is 2. The average molecular weight is 550 g/mol. The number of rotatable bonds is 7. The quantitative estimate of drug-likeness (QED) is 0.525. The number of carbonyl (C=O) groups excluding carboxylic acids is 1. The number of nitrogens with one attached hydrogen (secondary N) is 2. The topological polar surface area (TPSA) is 174 Å². The van der Waals surface area contributed by atoms with Crippen LogP contribution in [0.5, 0.6) is 11.8 Å². The normalized spacial score (nSPS) is 21.3. The van der Waals surface area contributed by atoms with Gasteiger partial charge in [0.2, 0.25) is 17.7 Å². The summed E-state index contributed by atoms with van der Waals surface area (Å²) >= 11 is 0. The highest BCUT2D eigenvalue weighted by molar-refractivity contribution is 7.90. The van der Waals surface area contributed by atoms with Crippen molar-refractivity contribution in [3.05, 3.63) is 65.7 Å². The Morgan fingerprint density at radius 1 is 1.10 bits per heavy atom. The highest BCUT2D eigenvalue weighted by Gasteiger charge is 2.37. The van der Waals surface area contributed by atoms with Gasteiger partial charge in [-0.3, -0.25) is 25.0 Å². The van der Waals surface area contributed by atoms with Crippen LogP contribution in [0.4, 0.5) is 10.7 Å². The summed E-state index contributed by atoms with van der Waals surface area (Å²) in [6.45, 7) is 1.86. The molecule has 15 heteroatoms. The molecular formula is C24H23N9O5S. The molecule has 2 N–H and O–H groups in total. The van der Waals surface area contributed by atoms with E-state index in [1.807, 2.05) is 35.9 Å². The van der Waals surface area contributed by atoms with Gasteiger partial charge in [0, 0.05) is 25.0 Å². The number of aliphatic imine (C=N–C) groups is 3. The van der Waals surface area contributed by atoms with Gasteiger partial charge >= 0.3 is 6.03 Å². The van der Waals surface area contributed by atoms with Crippen LogP contribution in [0, 0.1) is 0 Å². The maximum absolute atomic E-state index is 13.3. The van der Waals surface area contributed by atoms with Crippen molar-refractivity contribution in [2.24, 2.45) is 22.0 Å². The largest absolute Gasteiger partial charge is 0.481 e. The van der Waals surface area contributed by atoms with Gasteiger partial charge in [0.05, 0.1) is 49.2 Å². The van der Waals surface area contributed by atoms with E-state index in [4.69, 9.17) is 14.5 Å². The van der Waals surface area contributed by atoms with Crippen LogP contribution in [0.1, 0.15) is 12.5 Å². The number of allylic oxidation sites excluding steroid dienone is 4. The number of sulfonamides is 1. The molecule has 3 aliphatic rings. The van der Waals surface area contributed by atoms with Crippen LogP contribution in [0.3, 0.4) is 0 Å². The molecule has 0 saturated heterocycles. The molecule has 3 aliphatic heterocycles. The molecule has 0 bridgehead atoms. The van der Waals surface area contributed by atoms with Crippen molar-refractivity contribution in [1.82, 2.24) is 24.5 Å². The Morgan fingerprint density at radius 2 is 1.85 bits per heavy atom. The molecule has 14 nitrogen and oxygen atoms in total. The molecule has 0 aromatic carbocycles. The lowest BCUT2D eigenvalue weighted by atomic mass is 9.91. The van der Waals surface area contributed by atoms with Gasteiger partial charge in [-0.2, -0.15) is 23.5 Å². The van der Waals surface area contributed by atoms with Gasteiger partial charge in [-0.15, -0.1) is 0 Å². The highest BCUT2D eigenvalue weighted by Crippen LogP contribution is 2.33. The minimum atomic E-state index is -4.42. The van der Waals surface area contributed by atoms with Crippen LogP contribution in [0.15, 0.2) is 80.1 Å². The van der Waals surface area contributed by atoms with Crippen LogP contribution in [0.2, 0.25) is 0 Å². The molecule has 0 aliphatic carbocycles. The van der Waals surface area contributed by atoms with Crippen molar-refractivity contribution in [3.63, 3.8) is 0 Å². The predicted molar refractivity (Wildman–Crippen MR) is 143 cm³/mol. The van der Waals surface area contributed by atoms with E-state index in [1.54, 1.807) is 18.5 Å². The van der Waals surface area contributed by atoms with Crippen LogP contribution < -0.4 is 19.5 Å². The Kier molecular flexibility index (Phi) is 6.43. The van der Waals surface area contributed by atoms with Crippen LogP contribution in [-0.4, -0.2) is 71.6 Å². The molecule has 0 spiro atoms. The van der Waals surface area contributed by atoms with E-state index in [2.05, 4.69) is 30.4 Å². The molecule has 200 valence electrons. The van der Waals surface area contributed by atoms with Crippen molar-refractivity contribution in [2.45, 2.75) is 17.5 Å². The average Bonchev–Trinajstić information content (AvgIpc) is 3.69. The third kappa shape index (κ3) is 4.86. The second kappa shape index (κ2) is 9.75. The maximum atomic E-state index is 13.3. The van der Waals surface area contributed by atoms with Gasteiger partial charge in [0.1, 0.15) is 5.54 Å². The van der Waals surface area contributed by atoms with E-state index in [1.165, 1.54) is 33.5 Å². The predicted octanol–water partition coefficient (Wildman–Crippen LogP) is 1.72. The van der Waals surface area contributed by atoms with Crippen molar-refractivity contribution < 1.29 is 22.7 Å². The van der Waals surface area contributed by atoms with Crippen LogP contribution >= 0.6 is 0 Å². The Hall–Kier alpha value is -4.92.